The highest BCUT2D eigenvalue weighted by molar-refractivity contribution is 6.30. The first-order valence-electron chi connectivity index (χ1n) is 8.42. The van der Waals surface area contributed by atoms with Crippen molar-refractivity contribution in [3.8, 4) is 5.75 Å². The predicted octanol–water partition coefficient (Wildman–Crippen LogP) is 3.97. The Morgan fingerprint density at radius 3 is 2.56 bits per heavy atom. The molecule has 2 amide bonds. The molecule has 0 aliphatic carbocycles. The molecule has 27 heavy (non-hydrogen) atoms. The minimum absolute atomic E-state index is 0.0770. The van der Waals surface area contributed by atoms with Crippen LogP contribution in [0.3, 0.4) is 0 Å². The fraction of sp³-hybridized carbons (Fsp3) is 0.143. The number of carbonyl (C=O) groups is 2. The number of nitrogens with one attached hydrogen (secondary N) is 1. The van der Waals surface area contributed by atoms with E-state index in [-0.39, 0.29) is 25.0 Å². The first kappa shape index (κ1) is 18.7. The van der Waals surface area contributed by atoms with Crippen molar-refractivity contribution in [1.82, 2.24) is 4.90 Å². The number of fused-ring (bicyclic) bond motifs is 1. The second-order valence-electron chi connectivity index (χ2n) is 6.11. The van der Waals surface area contributed by atoms with Crippen molar-refractivity contribution in [3.63, 3.8) is 0 Å². The second kappa shape index (κ2) is 8.56. The van der Waals surface area contributed by atoms with Gasteiger partial charge in [0, 0.05) is 17.8 Å². The monoisotopic (exact) mass is 382 g/mol. The number of hydrogen-bond acceptors (Lipinski definition) is 3. The normalized spacial score (nSPS) is 10.4. The van der Waals surface area contributed by atoms with Crippen molar-refractivity contribution in [2.24, 2.45) is 0 Å². The van der Waals surface area contributed by atoms with Crippen LogP contribution >= 0.6 is 11.6 Å². The van der Waals surface area contributed by atoms with Gasteiger partial charge in [-0.2, -0.15) is 0 Å². The van der Waals surface area contributed by atoms with Gasteiger partial charge in [-0.15, -0.1) is 0 Å². The molecule has 5 nitrogen and oxygen atoms in total. The van der Waals surface area contributed by atoms with Crippen LogP contribution in [0.2, 0.25) is 5.02 Å². The van der Waals surface area contributed by atoms with Crippen LogP contribution in [-0.4, -0.2) is 36.9 Å². The summed E-state index contributed by atoms with van der Waals surface area (Å²) in [6, 6.07) is 20.4. The summed E-state index contributed by atoms with van der Waals surface area (Å²) < 4.78 is 5.57. The lowest BCUT2D eigenvalue weighted by Gasteiger charge is -2.17. The van der Waals surface area contributed by atoms with E-state index in [0.29, 0.717) is 16.5 Å². The van der Waals surface area contributed by atoms with Gasteiger partial charge in [0.05, 0.1) is 6.54 Å². The molecule has 0 aliphatic rings. The Morgan fingerprint density at radius 1 is 1.00 bits per heavy atom. The first-order chi connectivity index (χ1) is 13.0. The number of rotatable bonds is 6. The number of nitrogens with zero attached hydrogens (tertiary/aromatic N) is 1. The van der Waals surface area contributed by atoms with E-state index >= 15 is 0 Å². The van der Waals surface area contributed by atoms with Crippen molar-refractivity contribution in [2.45, 2.75) is 0 Å². The number of anilines is 1. The van der Waals surface area contributed by atoms with E-state index in [1.165, 1.54) is 4.90 Å². The van der Waals surface area contributed by atoms with Crippen LogP contribution in [0.15, 0.2) is 66.7 Å². The Labute approximate surface area is 162 Å². The van der Waals surface area contributed by atoms with Gasteiger partial charge in [-0.25, -0.2) is 0 Å². The summed E-state index contributed by atoms with van der Waals surface area (Å²) >= 11 is 5.89. The summed E-state index contributed by atoms with van der Waals surface area (Å²) in [5.41, 5.74) is 0.584. The lowest BCUT2D eigenvalue weighted by molar-refractivity contribution is -0.135. The van der Waals surface area contributed by atoms with Crippen LogP contribution in [-0.2, 0) is 9.59 Å². The third-order valence-corrected chi connectivity index (χ3v) is 4.23. The van der Waals surface area contributed by atoms with E-state index in [9.17, 15) is 9.59 Å². The molecule has 1 N–H and O–H groups in total. The fourth-order valence-corrected chi connectivity index (χ4v) is 2.77. The maximum Gasteiger partial charge on any atom is 0.260 e. The number of carbonyl (C=O) groups excluding carboxylic acids is 2. The molecule has 0 saturated heterocycles. The lowest BCUT2D eigenvalue weighted by Crippen LogP contribution is -2.37. The SMILES string of the molecule is CN(CC(=O)Nc1cccc(Cl)c1)C(=O)COc1ccc2ccccc2c1. The molecule has 3 aromatic rings. The molecule has 0 spiro atoms. The zero-order valence-electron chi connectivity index (χ0n) is 14.8. The molecule has 3 aromatic carbocycles. The van der Waals surface area contributed by atoms with Crippen LogP contribution in [0, 0.1) is 0 Å². The van der Waals surface area contributed by atoms with Crippen LogP contribution in [0.4, 0.5) is 5.69 Å². The predicted molar refractivity (Wildman–Crippen MR) is 107 cm³/mol. The summed E-state index contributed by atoms with van der Waals surface area (Å²) in [6.45, 7) is -0.217. The minimum Gasteiger partial charge on any atom is -0.484 e. The van der Waals surface area contributed by atoms with Gasteiger partial charge in [0.1, 0.15) is 5.75 Å². The number of amides is 2. The molecule has 3 rings (SSSR count). The molecule has 0 fully saturated rings. The summed E-state index contributed by atoms with van der Waals surface area (Å²) in [6.07, 6.45) is 0. The molecule has 0 saturated carbocycles. The molecular weight excluding hydrogens is 364 g/mol. The fourth-order valence-electron chi connectivity index (χ4n) is 2.58. The Bertz CT molecular complexity index is 974. The Balaban J connectivity index is 1.51. The van der Waals surface area contributed by atoms with E-state index in [0.717, 1.165) is 10.8 Å². The number of hydrogen-bond donors (Lipinski definition) is 1. The van der Waals surface area contributed by atoms with Gasteiger partial charge in [-0.05, 0) is 41.1 Å². The highest BCUT2D eigenvalue weighted by Gasteiger charge is 2.14. The largest absolute Gasteiger partial charge is 0.484 e. The zero-order valence-corrected chi connectivity index (χ0v) is 15.6. The minimum atomic E-state index is -0.307. The molecule has 0 radical (unpaired) electrons. The van der Waals surface area contributed by atoms with Crippen molar-refractivity contribution >= 4 is 39.9 Å². The summed E-state index contributed by atoms with van der Waals surface area (Å²) in [4.78, 5) is 25.6. The Kier molecular flexibility index (Phi) is 5.94. The van der Waals surface area contributed by atoms with E-state index in [1.54, 1.807) is 31.3 Å². The molecule has 0 aliphatic heterocycles. The van der Waals surface area contributed by atoms with Crippen LogP contribution < -0.4 is 10.1 Å². The van der Waals surface area contributed by atoms with Gasteiger partial charge in [0.15, 0.2) is 6.61 Å². The molecule has 0 unspecified atom stereocenters. The molecular formula is C21H19ClN2O3. The zero-order chi connectivity index (χ0) is 19.2. The summed E-state index contributed by atoms with van der Waals surface area (Å²) in [5.74, 6) is 0.0158. The quantitative estimate of drug-likeness (QED) is 0.701. The van der Waals surface area contributed by atoms with Crippen molar-refractivity contribution in [2.75, 3.05) is 25.5 Å². The van der Waals surface area contributed by atoms with E-state index in [1.807, 2.05) is 42.5 Å². The van der Waals surface area contributed by atoms with E-state index in [4.69, 9.17) is 16.3 Å². The third-order valence-electron chi connectivity index (χ3n) is 4.00. The van der Waals surface area contributed by atoms with Gasteiger partial charge >= 0.3 is 0 Å². The highest BCUT2D eigenvalue weighted by atomic mass is 35.5. The van der Waals surface area contributed by atoms with Gasteiger partial charge in [-0.3, -0.25) is 9.59 Å². The average Bonchev–Trinajstić information content (AvgIpc) is 2.65. The van der Waals surface area contributed by atoms with Crippen LogP contribution in [0.25, 0.3) is 10.8 Å². The van der Waals surface area contributed by atoms with Gasteiger partial charge in [0.2, 0.25) is 5.91 Å². The molecule has 0 atom stereocenters. The smallest absolute Gasteiger partial charge is 0.260 e. The van der Waals surface area contributed by atoms with Gasteiger partial charge < -0.3 is 15.0 Å². The number of likely N-dealkylation sites (N-methyl/N-ethyl adjacent to an activating group) is 1. The summed E-state index contributed by atoms with van der Waals surface area (Å²) in [5, 5.41) is 5.37. The van der Waals surface area contributed by atoms with Gasteiger partial charge in [0.25, 0.3) is 5.91 Å². The van der Waals surface area contributed by atoms with Crippen molar-refractivity contribution in [1.29, 1.82) is 0 Å². The molecule has 6 heteroatoms. The van der Waals surface area contributed by atoms with E-state index < -0.39 is 0 Å². The number of ether oxygens (including phenoxy) is 1. The Morgan fingerprint density at radius 2 is 1.78 bits per heavy atom. The maximum atomic E-state index is 12.2. The topological polar surface area (TPSA) is 58.6 Å². The van der Waals surface area contributed by atoms with Crippen molar-refractivity contribution in [3.05, 3.63) is 71.8 Å². The van der Waals surface area contributed by atoms with Crippen molar-refractivity contribution < 1.29 is 14.3 Å². The first-order valence-corrected chi connectivity index (χ1v) is 8.80. The van der Waals surface area contributed by atoms with Crippen LogP contribution in [0.1, 0.15) is 0 Å². The molecule has 0 heterocycles. The third kappa shape index (κ3) is 5.21. The molecule has 0 bridgehead atoms. The van der Waals surface area contributed by atoms with Gasteiger partial charge in [-0.1, -0.05) is 48.0 Å². The molecule has 0 aromatic heterocycles. The molecule has 138 valence electrons. The second-order valence-corrected chi connectivity index (χ2v) is 6.54. The van der Waals surface area contributed by atoms with Crippen LogP contribution in [0.5, 0.6) is 5.75 Å². The lowest BCUT2D eigenvalue weighted by atomic mass is 10.1. The Hall–Kier alpha value is -3.05. The van der Waals surface area contributed by atoms with E-state index in [2.05, 4.69) is 5.32 Å². The standard InChI is InChI=1S/C21H19ClN2O3/c1-24(13-20(25)23-18-8-4-7-17(22)12-18)21(26)14-27-19-10-9-15-5-2-3-6-16(15)11-19/h2-12H,13-14H2,1H3,(H,23,25). The average molecular weight is 383 g/mol. The maximum absolute atomic E-state index is 12.2. The summed E-state index contributed by atoms with van der Waals surface area (Å²) in [7, 11) is 1.56. The number of halogens is 1. The number of benzene rings is 3. The highest BCUT2D eigenvalue weighted by Crippen LogP contribution is 2.20.